The first kappa shape index (κ1) is 22.9. The third-order valence-corrected chi connectivity index (χ3v) is 5.22. The van der Waals surface area contributed by atoms with E-state index in [9.17, 15) is 10.3 Å². The molecule has 0 radical (unpaired) electrons. The van der Waals surface area contributed by atoms with Crippen molar-refractivity contribution in [1.29, 1.82) is 0 Å². The van der Waals surface area contributed by atoms with Gasteiger partial charge in [0.15, 0.2) is 0 Å². The number of phenolic OH excluding ortho intramolecular Hbond substituents is 1. The van der Waals surface area contributed by atoms with E-state index in [4.69, 9.17) is 12.2 Å². The molecule has 0 aliphatic heterocycles. The van der Waals surface area contributed by atoms with Gasteiger partial charge in [-0.2, -0.15) is 0 Å². The van der Waals surface area contributed by atoms with Gasteiger partial charge in [0.05, 0.1) is 0 Å². The van der Waals surface area contributed by atoms with Gasteiger partial charge in [0.1, 0.15) is 10.7 Å². The number of phenols is 1. The van der Waals surface area contributed by atoms with Crippen LogP contribution in [0.25, 0.3) is 0 Å². The van der Waals surface area contributed by atoms with E-state index >= 15 is 0 Å². The van der Waals surface area contributed by atoms with Crippen LogP contribution < -0.4 is 0 Å². The second-order valence-electron chi connectivity index (χ2n) is 9.37. The maximum absolute atomic E-state index is 10.8. The van der Waals surface area contributed by atoms with E-state index in [0.29, 0.717) is 10.7 Å². The first-order valence-electron chi connectivity index (χ1n) is 9.66. The van der Waals surface area contributed by atoms with Crippen LogP contribution in [0, 0.1) is 0 Å². The molecule has 0 bridgehead atoms. The fourth-order valence-electron chi connectivity index (χ4n) is 3.10. The SMILES string of the molecule is CN(O)C(=S)CCCCCCc1cc(C(C)(C)C)c(O)c(C(C)(C)C)c1. The van der Waals surface area contributed by atoms with Gasteiger partial charge in [0.2, 0.25) is 0 Å². The molecule has 0 fully saturated rings. The summed E-state index contributed by atoms with van der Waals surface area (Å²) >= 11 is 5.10. The van der Waals surface area contributed by atoms with Crippen molar-refractivity contribution in [3.8, 4) is 5.75 Å². The van der Waals surface area contributed by atoms with E-state index in [0.717, 1.165) is 54.7 Å². The zero-order chi connectivity index (χ0) is 20.1. The summed E-state index contributed by atoms with van der Waals surface area (Å²) in [5.74, 6) is 0.454. The van der Waals surface area contributed by atoms with Crippen molar-refractivity contribution in [2.45, 2.75) is 90.9 Å². The number of benzene rings is 1. The topological polar surface area (TPSA) is 43.7 Å². The Balaban J connectivity index is 2.74. The molecular weight excluding hydrogens is 342 g/mol. The lowest BCUT2D eigenvalue weighted by Crippen LogP contribution is -2.19. The molecule has 3 nitrogen and oxygen atoms in total. The molecule has 0 atom stereocenters. The van der Waals surface area contributed by atoms with E-state index in [-0.39, 0.29) is 10.8 Å². The van der Waals surface area contributed by atoms with Crippen molar-refractivity contribution in [2.75, 3.05) is 7.05 Å². The van der Waals surface area contributed by atoms with E-state index in [1.807, 2.05) is 0 Å². The molecule has 0 aliphatic rings. The minimum atomic E-state index is -0.0773. The number of aryl methyl sites for hydroxylation is 1. The summed E-state index contributed by atoms with van der Waals surface area (Å²) in [4.78, 5) is 0.605. The molecule has 0 aliphatic carbocycles. The minimum Gasteiger partial charge on any atom is -0.507 e. The highest BCUT2D eigenvalue weighted by molar-refractivity contribution is 7.80. The van der Waals surface area contributed by atoms with E-state index in [2.05, 4.69) is 53.7 Å². The van der Waals surface area contributed by atoms with Crippen molar-refractivity contribution in [3.63, 3.8) is 0 Å². The van der Waals surface area contributed by atoms with E-state index in [1.165, 1.54) is 5.56 Å². The minimum absolute atomic E-state index is 0.0773. The standard InChI is InChI=1S/C22H37NO2S/c1-21(2,3)17-14-16(15-18(20(17)24)22(4,5)6)12-10-8-9-11-13-19(26)23(7)25/h14-15,24-25H,8-13H2,1-7H3. The Morgan fingerprint density at radius 2 is 1.38 bits per heavy atom. The summed E-state index contributed by atoms with van der Waals surface area (Å²) in [5, 5.41) is 21.1. The monoisotopic (exact) mass is 379 g/mol. The lowest BCUT2D eigenvalue weighted by Gasteiger charge is -2.28. The normalized spacial score (nSPS) is 12.3. The van der Waals surface area contributed by atoms with Gasteiger partial charge in [-0.15, -0.1) is 0 Å². The second kappa shape index (κ2) is 9.18. The molecule has 1 aromatic rings. The summed E-state index contributed by atoms with van der Waals surface area (Å²) < 4.78 is 0. The molecule has 26 heavy (non-hydrogen) atoms. The first-order valence-corrected chi connectivity index (χ1v) is 10.1. The van der Waals surface area contributed by atoms with Crippen molar-refractivity contribution >= 4 is 17.2 Å². The second-order valence-corrected chi connectivity index (χ2v) is 9.84. The van der Waals surface area contributed by atoms with Crippen LogP contribution in [-0.4, -0.2) is 27.4 Å². The molecule has 4 heteroatoms. The number of unbranched alkanes of at least 4 members (excludes halogenated alkanes) is 3. The first-order chi connectivity index (χ1) is 11.8. The molecule has 0 saturated carbocycles. The lowest BCUT2D eigenvalue weighted by molar-refractivity contribution is 0.0142. The molecule has 0 spiro atoms. The van der Waals surface area contributed by atoms with Crippen molar-refractivity contribution in [1.82, 2.24) is 5.06 Å². The fourth-order valence-corrected chi connectivity index (χ4v) is 3.25. The smallest absolute Gasteiger partial charge is 0.123 e. The van der Waals surface area contributed by atoms with Crippen LogP contribution in [0.3, 0.4) is 0 Å². The van der Waals surface area contributed by atoms with Crippen molar-refractivity contribution in [2.24, 2.45) is 0 Å². The lowest BCUT2D eigenvalue weighted by atomic mass is 9.78. The van der Waals surface area contributed by atoms with Gasteiger partial charge in [-0.1, -0.05) is 78.7 Å². The number of hydroxylamine groups is 2. The number of thiocarbonyl (C=S) groups is 1. The quantitative estimate of drug-likeness (QED) is 0.340. The average molecular weight is 380 g/mol. The molecule has 0 heterocycles. The van der Waals surface area contributed by atoms with Crippen LogP contribution >= 0.6 is 12.2 Å². The van der Waals surface area contributed by atoms with Crippen molar-refractivity contribution < 1.29 is 10.3 Å². The molecule has 0 aromatic heterocycles. The Bertz CT molecular complexity index is 575. The zero-order valence-corrected chi connectivity index (χ0v) is 18.5. The molecule has 1 rings (SSSR count). The molecule has 148 valence electrons. The highest BCUT2D eigenvalue weighted by Crippen LogP contribution is 2.40. The maximum Gasteiger partial charge on any atom is 0.123 e. The molecule has 0 amide bonds. The van der Waals surface area contributed by atoms with Gasteiger partial charge >= 0.3 is 0 Å². The van der Waals surface area contributed by atoms with E-state index < -0.39 is 0 Å². The van der Waals surface area contributed by atoms with Crippen LogP contribution in [0.5, 0.6) is 5.75 Å². The van der Waals surface area contributed by atoms with Crippen LogP contribution in [0.1, 0.15) is 90.3 Å². The van der Waals surface area contributed by atoms with Gasteiger partial charge in [-0.25, -0.2) is 0 Å². The Hall–Kier alpha value is -1.13. The third-order valence-electron chi connectivity index (χ3n) is 4.75. The highest BCUT2D eigenvalue weighted by atomic mass is 32.1. The van der Waals surface area contributed by atoms with Crippen molar-refractivity contribution in [3.05, 3.63) is 28.8 Å². The van der Waals surface area contributed by atoms with Crippen LogP contribution in [0.4, 0.5) is 0 Å². The Labute approximate surface area is 165 Å². The summed E-state index contributed by atoms with van der Waals surface area (Å²) in [6.07, 6.45) is 6.19. The molecule has 1 aromatic carbocycles. The highest BCUT2D eigenvalue weighted by Gasteiger charge is 2.26. The average Bonchev–Trinajstić information content (AvgIpc) is 2.49. The Morgan fingerprint density at radius 1 is 0.923 bits per heavy atom. The molecule has 0 unspecified atom stereocenters. The van der Waals surface area contributed by atoms with Crippen LogP contribution in [0.15, 0.2) is 12.1 Å². The number of nitrogens with zero attached hydrogens (tertiary/aromatic N) is 1. The Kier molecular flexibility index (Phi) is 8.09. The van der Waals surface area contributed by atoms with E-state index in [1.54, 1.807) is 7.05 Å². The number of rotatable bonds is 7. The van der Waals surface area contributed by atoms with Gasteiger partial charge in [0, 0.05) is 13.5 Å². The fraction of sp³-hybridized carbons (Fsp3) is 0.682. The summed E-state index contributed by atoms with van der Waals surface area (Å²) in [6, 6.07) is 4.36. The number of aromatic hydroxyl groups is 1. The van der Waals surface area contributed by atoms with Crippen LogP contribution in [0.2, 0.25) is 0 Å². The number of hydrogen-bond acceptors (Lipinski definition) is 3. The van der Waals surface area contributed by atoms with Gasteiger partial charge in [-0.3, -0.25) is 10.3 Å². The predicted molar refractivity (Wildman–Crippen MR) is 114 cm³/mol. The van der Waals surface area contributed by atoms with Gasteiger partial charge < -0.3 is 5.11 Å². The molecule has 0 saturated heterocycles. The zero-order valence-electron chi connectivity index (χ0n) is 17.6. The summed E-state index contributed by atoms with van der Waals surface area (Å²) in [6.45, 7) is 12.9. The molecule has 2 N–H and O–H groups in total. The van der Waals surface area contributed by atoms with Crippen LogP contribution in [-0.2, 0) is 17.3 Å². The van der Waals surface area contributed by atoms with Gasteiger partial charge in [0.25, 0.3) is 0 Å². The molecular formula is C22H37NO2S. The van der Waals surface area contributed by atoms with Gasteiger partial charge in [-0.05, 0) is 46.8 Å². The summed E-state index contributed by atoms with van der Waals surface area (Å²) in [5.41, 5.74) is 3.23. The largest absolute Gasteiger partial charge is 0.507 e. The number of hydrogen-bond donors (Lipinski definition) is 2. The predicted octanol–water partition coefficient (Wildman–Crippen LogP) is 6.13. The summed E-state index contributed by atoms with van der Waals surface area (Å²) in [7, 11) is 1.58. The maximum atomic E-state index is 10.8. The third kappa shape index (κ3) is 6.88. The Morgan fingerprint density at radius 3 is 1.81 bits per heavy atom.